The minimum Gasteiger partial charge on any atom is -0.496 e. The standard InChI is InChI=1S/C34H43ClN4O2/c1-7-24(19-25-11-9-12-26(35)20-25)21-37-32(36)30(8-2)39-18-17-38(22-34(39,4)5)33(40)28-15-16-29-27(23(28)3)13-10-14-31(29)41-6/h8-14,20-21,24,36H,7,15-19,22H2,1-6H3/b30-8?,36-32?,37-21-. The van der Waals surface area contributed by atoms with Crippen molar-refractivity contribution in [3.8, 4) is 5.75 Å². The lowest BCUT2D eigenvalue weighted by Crippen LogP contribution is -2.60. The molecule has 1 saturated heterocycles. The molecular formula is C34H43ClN4O2. The molecule has 1 N–H and O–H groups in total. The van der Waals surface area contributed by atoms with Crippen LogP contribution < -0.4 is 4.74 Å². The largest absolute Gasteiger partial charge is 0.496 e. The number of carbonyl (C=O) groups is 1. The summed E-state index contributed by atoms with van der Waals surface area (Å²) in [5, 5.41) is 9.57. The first-order valence-corrected chi connectivity index (χ1v) is 14.9. The maximum Gasteiger partial charge on any atom is 0.250 e. The van der Waals surface area contributed by atoms with E-state index in [-0.39, 0.29) is 23.2 Å². The van der Waals surface area contributed by atoms with Gasteiger partial charge in [-0.25, -0.2) is 4.99 Å². The zero-order chi connectivity index (χ0) is 29.7. The molecule has 2 aromatic rings. The van der Waals surface area contributed by atoms with Gasteiger partial charge in [0.1, 0.15) is 5.75 Å². The second-order valence-electron chi connectivity index (χ2n) is 11.6. The predicted molar refractivity (Wildman–Crippen MR) is 170 cm³/mol. The number of hydrogen-bond donors (Lipinski definition) is 1. The highest BCUT2D eigenvalue weighted by Gasteiger charge is 2.38. The molecule has 0 aromatic heterocycles. The van der Waals surface area contributed by atoms with Crippen molar-refractivity contribution in [2.75, 3.05) is 26.7 Å². The first-order chi connectivity index (χ1) is 19.6. The minimum atomic E-state index is -0.354. The molecule has 0 spiro atoms. The molecule has 6 nitrogen and oxygen atoms in total. The first-order valence-electron chi connectivity index (χ1n) is 14.6. The Hall–Kier alpha value is -3.38. The van der Waals surface area contributed by atoms with Crippen LogP contribution in [0.1, 0.15) is 64.2 Å². The molecule has 218 valence electrons. The van der Waals surface area contributed by atoms with Crippen molar-refractivity contribution in [2.24, 2.45) is 10.9 Å². The molecule has 1 amide bonds. The van der Waals surface area contributed by atoms with E-state index in [1.165, 1.54) is 11.1 Å². The molecule has 1 fully saturated rings. The topological polar surface area (TPSA) is 69.0 Å². The van der Waals surface area contributed by atoms with Gasteiger partial charge in [0.15, 0.2) is 5.84 Å². The summed E-state index contributed by atoms with van der Waals surface area (Å²) in [5.41, 5.74) is 5.84. The van der Waals surface area contributed by atoms with Crippen LogP contribution in [0.2, 0.25) is 5.02 Å². The fraction of sp³-hybridized carbons (Fsp3) is 0.441. The van der Waals surface area contributed by atoms with Gasteiger partial charge in [-0.05, 0) is 94.2 Å². The van der Waals surface area contributed by atoms with Crippen LogP contribution in [0.5, 0.6) is 5.75 Å². The molecule has 1 aliphatic carbocycles. The van der Waals surface area contributed by atoms with Crippen LogP contribution in [0.4, 0.5) is 0 Å². The van der Waals surface area contributed by atoms with E-state index in [0.717, 1.165) is 52.4 Å². The van der Waals surface area contributed by atoms with E-state index in [4.69, 9.17) is 21.7 Å². The molecule has 0 radical (unpaired) electrons. The summed E-state index contributed by atoms with van der Waals surface area (Å²) in [7, 11) is 1.70. The number of hydrogen-bond acceptors (Lipinski definition) is 4. The smallest absolute Gasteiger partial charge is 0.250 e. The van der Waals surface area contributed by atoms with E-state index in [1.54, 1.807) is 7.11 Å². The fourth-order valence-corrected chi connectivity index (χ4v) is 6.35. The number of piperazine rings is 1. The van der Waals surface area contributed by atoms with Crippen molar-refractivity contribution in [2.45, 2.75) is 65.8 Å². The molecule has 2 aromatic carbocycles. The van der Waals surface area contributed by atoms with Gasteiger partial charge >= 0.3 is 0 Å². The number of benzene rings is 2. The Morgan fingerprint density at radius 3 is 2.61 bits per heavy atom. The molecule has 0 bridgehead atoms. The van der Waals surface area contributed by atoms with Gasteiger partial charge in [-0.15, -0.1) is 0 Å². The van der Waals surface area contributed by atoms with Crippen LogP contribution in [0.25, 0.3) is 5.57 Å². The monoisotopic (exact) mass is 574 g/mol. The zero-order valence-electron chi connectivity index (χ0n) is 25.3. The molecule has 4 rings (SSSR count). The third-order valence-corrected chi connectivity index (χ3v) is 8.65. The van der Waals surface area contributed by atoms with Crippen molar-refractivity contribution >= 4 is 35.1 Å². The van der Waals surface area contributed by atoms with E-state index in [2.05, 4.69) is 49.7 Å². The predicted octanol–water partition coefficient (Wildman–Crippen LogP) is 7.21. The molecule has 1 unspecified atom stereocenters. The number of nitrogens with zero attached hydrogens (tertiary/aromatic N) is 3. The highest BCUT2D eigenvalue weighted by molar-refractivity contribution is 6.30. The Bertz CT molecular complexity index is 1390. The average molecular weight is 575 g/mol. The molecule has 1 atom stereocenters. The molecular weight excluding hydrogens is 532 g/mol. The van der Waals surface area contributed by atoms with Crippen molar-refractivity contribution in [3.63, 3.8) is 0 Å². The fourth-order valence-electron chi connectivity index (χ4n) is 6.13. The Labute approximate surface area is 250 Å². The number of amidine groups is 1. The number of methoxy groups -OCH3 is 1. The van der Waals surface area contributed by atoms with Gasteiger partial charge in [0.05, 0.1) is 18.3 Å². The van der Waals surface area contributed by atoms with Gasteiger partial charge in [-0.3, -0.25) is 10.2 Å². The average Bonchev–Trinajstić information content (AvgIpc) is 2.95. The maximum atomic E-state index is 13.8. The molecule has 41 heavy (non-hydrogen) atoms. The van der Waals surface area contributed by atoms with Gasteiger partial charge in [-0.2, -0.15) is 0 Å². The first kappa shape index (κ1) is 30.6. The summed E-state index contributed by atoms with van der Waals surface area (Å²) in [6, 6.07) is 14.0. The van der Waals surface area contributed by atoms with E-state index in [1.807, 2.05) is 54.4 Å². The number of carbonyl (C=O) groups excluding carboxylic acids is 1. The zero-order valence-corrected chi connectivity index (χ0v) is 26.0. The lowest BCUT2D eigenvalue weighted by atomic mass is 9.85. The number of nitrogens with one attached hydrogen (secondary N) is 1. The van der Waals surface area contributed by atoms with Crippen molar-refractivity contribution in [1.29, 1.82) is 5.41 Å². The van der Waals surface area contributed by atoms with Crippen LogP contribution in [-0.2, 0) is 17.6 Å². The van der Waals surface area contributed by atoms with E-state index in [9.17, 15) is 4.79 Å². The molecule has 7 heteroatoms. The molecule has 1 heterocycles. The molecule has 0 saturated carbocycles. The second-order valence-corrected chi connectivity index (χ2v) is 12.0. The third kappa shape index (κ3) is 6.75. The molecule has 1 aliphatic heterocycles. The van der Waals surface area contributed by atoms with Gasteiger partial charge in [-0.1, -0.05) is 48.9 Å². The number of ether oxygens (including phenoxy) is 1. The number of fused-ring (bicyclic) bond motifs is 1. The van der Waals surface area contributed by atoms with Crippen LogP contribution in [0.3, 0.4) is 0 Å². The van der Waals surface area contributed by atoms with Crippen LogP contribution in [-0.4, -0.2) is 60.0 Å². The van der Waals surface area contributed by atoms with Crippen molar-refractivity contribution < 1.29 is 9.53 Å². The minimum absolute atomic E-state index is 0.116. The summed E-state index contributed by atoms with van der Waals surface area (Å²) in [6.07, 6.45) is 7.14. The van der Waals surface area contributed by atoms with Gasteiger partial charge in [0.25, 0.3) is 0 Å². The summed E-state index contributed by atoms with van der Waals surface area (Å²) >= 11 is 6.17. The highest BCUT2D eigenvalue weighted by Crippen LogP contribution is 2.37. The Morgan fingerprint density at radius 2 is 1.95 bits per heavy atom. The van der Waals surface area contributed by atoms with Crippen LogP contribution >= 0.6 is 11.6 Å². The lowest BCUT2D eigenvalue weighted by Gasteiger charge is -2.49. The number of amides is 1. The molecule has 2 aliphatic rings. The number of rotatable bonds is 8. The normalized spacial score (nSPS) is 18.0. The van der Waals surface area contributed by atoms with E-state index < -0.39 is 0 Å². The Morgan fingerprint density at radius 1 is 1.20 bits per heavy atom. The van der Waals surface area contributed by atoms with Crippen molar-refractivity contribution in [3.05, 3.63) is 81.5 Å². The number of allylic oxidation sites excluding steroid dienone is 2. The van der Waals surface area contributed by atoms with Gasteiger partial charge in [0.2, 0.25) is 5.91 Å². The second kappa shape index (κ2) is 13.1. The number of aliphatic imine (C=N–C) groups is 1. The van der Waals surface area contributed by atoms with Crippen LogP contribution in [0, 0.1) is 11.3 Å². The van der Waals surface area contributed by atoms with Gasteiger partial charge in [0, 0.05) is 42.0 Å². The summed E-state index contributed by atoms with van der Waals surface area (Å²) in [4.78, 5) is 22.6. The number of halogens is 1. The van der Waals surface area contributed by atoms with E-state index >= 15 is 0 Å². The Balaban J connectivity index is 1.45. The summed E-state index contributed by atoms with van der Waals surface area (Å²) < 4.78 is 5.57. The van der Waals surface area contributed by atoms with Crippen LogP contribution in [0.15, 0.2) is 64.8 Å². The SMILES string of the molecule is CC=C(C(=N)/N=C\C(CC)Cc1cccc(Cl)c1)N1CCN(C(=O)C2=C(C)c3cccc(OC)c3CC2)CC1(C)C. The summed E-state index contributed by atoms with van der Waals surface area (Å²) in [6.45, 7) is 12.3. The summed E-state index contributed by atoms with van der Waals surface area (Å²) in [5.74, 6) is 1.47. The lowest BCUT2D eigenvalue weighted by molar-refractivity contribution is -0.131. The van der Waals surface area contributed by atoms with Crippen molar-refractivity contribution in [1.82, 2.24) is 9.80 Å². The quantitative estimate of drug-likeness (QED) is 0.267. The van der Waals surface area contributed by atoms with E-state index in [0.29, 0.717) is 26.1 Å². The Kier molecular flexibility index (Phi) is 9.75. The third-order valence-electron chi connectivity index (χ3n) is 8.41. The highest BCUT2D eigenvalue weighted by atomic mass is 35.5. The van der Waals surface area contributed by atoms with Gasteiger partial charge < -0.3 is 14.5 Å². The maximum absolute atomic E-state index is 13.8.